The van der Waals surface area contributed by atoms with Crippen LogP contribution < -0.4 is 0 Å². The first kappa shape index (κ1) is 8.00. The minimum Gasteiger partial charge on any atom is -0.480 e. The molecule has 1 atom stereocenters. The zero-order chi connectivity index (χ0) is 8.27. The van der Waals surface area contributed by atoms with Gasteiger partial charge in [0.05, 0.1) is 0 Å². The Hall–Kier alpha value is -1.10. The van der Waals surface area contributed by atoms with Crippen LogP contribution in [0.15, 0.2) is 18.5 Å². The monoisotopic (exact) mass is 170 g/mol. The SMILES string of the molecule is O=C(O)C(S)c1ncccn1. The molecule has 1 unspecified atom stereocenters. The Kier molecular flexibility index (Phi) is 2.43. The standard InChI is InChI=1S/C6H6N2O2S/c9-6(10)4(11)5-7-2-1-3-8-5/h1-4,11H,(H,9,10). The molecule has 0 aromatic carbocycles. The topological polar surface area (TPSA) is 63.1 Å². The molecule has 1 aromatic rings. The van der Waals surface area contributed by atoms with Crippen LogP contribution in [-0.4, -0.2) is 21.0 Å². The van der Waals surface area contributed by atoms with Crippen LogP contribution in [0.3, 0.4) is 0 Å². The van der Waals surface area contributed by atoms with Crippen LogP contribution in [-0.2, 0) is 4.79 Å². The lowest BCUT2D eigenvalue weighted by Gasteiger charge is -2.00. The summed E-state index contributed by atoms with van der Waals surface area (Å²) in [5, 5.41) is 7.54. The zero-order valence-corrected chi connectivity index (χ0v) is 6.40. The molecule has 0 bridgehead atoms. The summed E-state index contributed by atoms with van der Waals surface area (Å²) in [7, 11) is 0. The highest BCUT2D eigenvalue weighted by Gasteiger charge is 2.16. The zero-order valence-electron chi connectivity index (χ0n) is 5.51. The molecule has 0 aliphatic heterocycles. The predicted molar refractivity (Wildman–Crippen MR) is 41.4 cm³/mol. The van der Waals surface area contributed by atoms with Crippen LogP contribution in [0.4, 0.5) is 0 Å². The minimum absolute atomic E-state index is 0.211. The van der Waals surface area contributed by atoms with E-state index in [1.165, 1.54) is 12.4 Å². The van der Waals surface area contributed by atoms with Crippen molar-refractivity contribution in [2.24, 2.45) is 0 Å². The van der Waals surface area contributed by atoms with E-state index in [1.54, 1.807) is 6.07 Å². The molecule has 0 aliphatic rings. The van der Waals surface area contributed by atoms with Gasteiger partial charge in [0.2, 0.25) is 0 Å². The Morgan fingerprint density at radius 2 is 2.09 bits per heavy atom. The van der Waals surface area contributed by atoms with Gasteiger partial charge in [0.1, 0.15) is 0 Å². The number of thiol groups is 1. The van der Waals surface area contributed by atoms with Crippen molar-refractivity contribution in [3.05, 3.63) is 24.3 Å². The van der Waals surface area contributed by atoms with Gasteiger partial charge in [0.25, 0.3) is 0 Å². The van der Waals surface area contributed by atoms with E-state index in [-0.39, 0.29) is 5.82 Å². The molecule has 0 spiro atoms. The summed E-state index contributed by atoms with van der Waals surface area (Å²) >= 11 is 3.79. The number of carboxylic acid groups (broad SMARTS) is 1. The number of hydrogen-bond donors (Lipinski definition) is 2. The van der Waals surface area contributed by atoms with Gasteiger partial charge in [-0.15, -0.1) is 0 Å². The van der Waals surface area contributed by atoms with Gasteiger partial charge in [0.15, 0.2) is 11.1 Å². The summed E-state index contributed by atoms with van der Waals surface area (Å²) in [5.41, 5.74) is 0. The van der Waals surface area contributed by atoms with Gasteiger partial charge in [0, 0.05) is 12.4 Å². The van der Waals surface area contributed by atoms with E-state index in [1.807, 2.05) is 0 Å². The fourth-order valence-corrected chi connectivity index (χ4v) is 0.696. The average molecular weight is 170 g/mol. The van der Waals surface area contributed by atoms with Crippen molar-refractivity contribution >= 4 is 18.6 Å². The molecule has 1 rings (SSSR count). The van der Waals surface area contributed by atoms with E-state index in [0.29, 0.717) is 0 Å². The lowest BCUT2D eigenvalue weighted by Crippen LogP contribution is -2.08. The summed E-state index contributed by atoms with van der Waals surface area (Å²) in [6.07, 6.45) is 2.96. The highest BCUT2D eigenvalue weighted by atomic mass is 32.1. The molecular formula is C6H6N2O2S. The molecule has 1 heterocycles. The van der Waals surface area contributed by atoms with Crippen molar-refractivity contribution < 1.29 is 9.90 Å². The van der Waals surface area contributed by atoms with Gasteiger partial charge in [-0.25, -0.2) is 9.97 Å². The number of rotatable bonds is 2. The van der Waals surface area contributed by atoms with Gasteiger partial charge >= 0.3 is 5.97 Å². The molecule has 5 heteroatoms. The number of aromatic nitrogens is 2. The highest BCUT2D eigenvalue weighted by Crippen LogP contribution is 2.13. The molecule has 0 saturated carbocycles. The average Bonchev–Trinajstić information content (AvgIpc) is 2.05. The molecule has 58 valence electrons. The molecule has 11 heavy (non-hydrogen) atoms. The molecule has 1 N–H and O–H groups in total. The fourth-order valence-electron chi connectivity index (χ4n) is 0.562. The van der Waals surface area contributed by atoms with Gasteiger partial charge in [-0.2, -0.15) is 12.6 Å². The maximum Gasteiger partial charge on any atom is 0.324 e. The minimum atomic E-state index is -1.04. The van der Waals surface area contributed by atoms with Crippen molar-refractivity contribution in [2.75, 3.05) is 0 Å². The number of carbonyl (C=O) groups is 1. The molecule has 0 aliphatic carbocycles. The lowest BCUT2D eigenvalue weighted by molar-refractivity contribution is -0.136. The Bertz CT molecular complexity index is 252. The number of nitrogens with zero attached hydrogens (tertiary/aromatic N) is 2. The maximum absolute atomic E-state index is 10.3. The van der Waals surface area contributed by atoms with E-state index in [0.717, 1.165) is 0 Å². The molecule has 0 radical (unpaired) electrons. The fraction of sp³-hybridized carbons (Fsp3) is 0.167. The molecule has 0 amide bonds. The van der Waals surface area contributed by atoms with Crippen LogP contribution in [0.5, 0.6) is 0 Å². The second kappa shape index (κ2) is 3.34. The number of carboxylic acids is 1. The Labute approximate surface area is 68.7 Å². The van der Waals surface area contributed by atoms with Crippen molar-refractivity contribution in [3.8, 4) is 0 Å². The largest absolute Gasteiger partial charge is 0.480 e. The third-order valence-corrected chi connectivity index (χ3v) is 1.52. The Morgan fingerprint density at radius 3 is 2.55 bits per heavy atom. The summed E-state index contributed by atoms with van der Waals surface area (Å²) < 4.78 is 0. The first-order valence-corrected chi connectivity index (χ1v) is 3.41. The van der Waals surface area contributed by atoms with Crippen LogP contribution in [0, 0.1) is 0 Å². The predicted octanol–water partition coefficient (Wildman–Crippen LogP) is 0.532. The lowest BCUT2D eigenvalue weighted by atomic mass is 10.4. The second-order valence-electron chi connectivity index (χ2n) is 1.85. The third-order valence-electron chi connectivity index (χ3n) is 1.06. The van der Waals surface area contributed by atoms with E-state index >= 15 is 0 Å². The molecule has 0 fully saturated rings. The summed E-state index contributed by atoms with van der Waals surface area (Å²) in [6.45, 7) is 0. The van der Waals surface area contributed by atoms with Crippen molar-refractivity contribution in [1.82, 2.24) is 9.97 Å². The smallest absolute Gasteiger partial charge is 0.324 e. The highest BCUT2D eigenvalue weighted by molar-refractivity contribution is 7.81. The number of hydrogen-bond acceptors (Lipinski definition) is 4. The number of aliphatic carboxylic acids is 1. The second-order valence-corrected chi connectivity index (χ2v) is 2.36. The van der Waals surface area contributed by atoms with Crippen molar-refractivity contribution in [3.63, 3.8) is 0 Å². The maximum atomic E-state index is 10.3. The van der Waals surface area contributed by atoms with Gasteiger partial charge in [-0.05, 0) is 6.07 Å². The summed E-state index contributed by atoms with van der Waals surface area (Å²) in [5.74, 6) is -0.831. The summed E-state index contributed by atoms with van der Waals surface area (Å²) in [4.78, 5) is 17.8. The van der Waals surface area contributed by atoms with Crippen molar-refractivity contribution in [2.45, 2.75) is 5.25 Å². The molecule has 0 saturated heterocycles. The third kappa shape index (κ3) is 1.91. The van der Waals surface area contributed by atoms with E-state index in [2.05, 4.69) is 22.6 Å². The van der Waals surface area contributed by atoms with E-state index in [4.69, 9.17) is 5.11 Å². The van der Waals surface area contributed by atoms with Gasteiger partial charge in [-0.1, -0.05) is 0 Å². The summed E-state index contributed by atoms with van der Waals surface area (Å²) in [6, 6.07) is 1.62. The molecule has 1 aromatic heterocycles. The van der Waals surface area contributed by atoms with Crippen LogP contribution in [0.1, 0.15) is 11.1 Å². The first-order chi connectivity index (χ1) is 5.22. The van der Waals surface area contributed by atoms with E-state index in [9.17, 15) is 4.79 Å². The normalized spacial score (nSPS) is 12.5. The first-order valence-electron chi connectivity index (χ1n) is 2.89. The van der Waals surface area contributed by atoms with Crippen LogP contribution in [0.25, 0.3) is 0 Å². The van der Waals surface area contributed by atoms with Gasteiger partial charge in [-0.3, -0.25) is 4.79 Å². The Balaban J connectivity index is 2.85. The quantitative estimate of drug-likeness (QED) is 0.635. The molecule has 4 nitrogen and oxygen atoms in total. The van der Waals surface area contributed by atoms with Crippen LogP contribution in [0.2, 0.25) is 0 Å². The molecular weight excluding hydrogens is 164 g/mol. The van der Waals surface area contributed by atoms with E-state index < -0.39 is 11.2 Å². The Morgan fingerprint density at radius 1 is 1.55 bits per heavy atom. The van der Waals surface area contributed by atoms with Crippen LogP contribution >= 0.6 is 12.6 Å². The van der Waals surface area contributed by atoms with Gasteiger partial charge < -0.3 is 5.11 Å². The van der Waals surface area contributed by atoms with Crippen molar-refractivity contribution in [1.29, 1.82) is 0 Å².